The predicted molar refractivity (Wildman–Crippen MR) is 137 cm³/mol. The molecule has 1 saturated heterocycles. The Balaban J connectivity index is 1.55. The number of hydrogen-bond donors (Lipinski definition) is 1. The van der Waals surface area contributed by atoms with Gasteiger partial charge in [0.25, 0.3) is 5.91 Å². The van der Waals surface area contributed by atoms with E-state index < -0.39 is 21.9 Å². The number of thiophene rings is 1. The second kappa shape index (κ2) is 10.3. The largest absolute Gasteiger partial charge is 0.465 e. The summed E-state index contributed by atoms with van der Waals surface area (Å²) >= 11 is 1.23. The van der Waals surface area contributed by atoms with Crippen molar-refractivity contribution in [2.24, 2.45) is 11.8 Å². The summed E-state index contributed by atoms with van der Waals surface area (Å²) in [5, 5.41) is 2.78. The molecule has 7 nitrogen and oxygen atoms in total. The van der Waals surface area contributed by atoms with Crippen LogP contribution >= 0.6 is 11.3 Å². The fourth-order valence-electron chi connectivity index (χ4n) is 4.40. The molecular formula is C26H28N2O5S2. The maximum Gasteiger partial charge on any atom is 0.350 e. The number of nitrogens with zero attached hydrogens (tertiary/aromatic N) is 1. The van der Waals surface area contributed by atoms with Crippen molar-refractivity contribution in [1.82, 2.24) is 4.31 Å². The van der Waals surface area contributed by atoms with Crippen LogP contribution in [0.5, 0.6) is 0 Å². The summed E-state index contributed by atoms with van der Waals surface area (Å²) < 4.78 is 32.6. The minimum Gasteiger partial charge on any atom is -0.465 e. The summed E-state index contributed by atoms with van der Waals surface area (Å²) in [5.41, 5.74) is 1.55. The third-order valence-corrected chi connectivity index (χ3v) is 9.01. The lowest BCUT2D eigenvalue weighted by molar-refractivity contribution is 0.0607. The zero-order valence-corrected chi connectivity index (χ0v) is 21.5. The third kappa shape index (κ3) is 5.47. The van der Waals surface area contributed by atoms with Gasteiger partial charge in [0.2, 0.25) is 10.0 Å². The number of hydrogen-bond acceptors (Lipinski definition) is 6. The molecule has 0 saturated carbocycles. The summed E-state index contributed by atoms with van der Waals surface area (Å²) in [7, 11) is -2.35. The predicted octanol–water partition coefficient (Wildman–Crippen LogP) is 5.12. The van der Waals surface area contributed by atoms with Crippen LogP contribution in [-0.4, -0.2) is 44.8 Å². The summed E-state index contributed by atoms with van der Waals surface area (Å²) in [5.74, 6) is -0.390. The average Bonchev–Trinajstić information content (AvgIpc) is 3.27. The fraction of sp³-hybridized carbons (Fsp3) is 0.308. The van der Waals surface area contributed by atoms with Gasteiger partial charge in [-0.25, -0.2) is 13.2 Å². The van der Waals surface area contributed by atoms with Crippen molar-refractivity contribution in [3.8, 4) is 10.4 Å². The SMILES string of the molecule is COC(=O)c1sc(-c2ccccc2)cc1NC(=O)c1ccc(S(=O)(=O)N2CC(C)CC(C)C2)cc1. The Morgan fingerprint density at radius 2 is 1.63 bits per heavy atom. The van der Waals surface area contributed by atoms with E-state index in [0.717, 1.165) is 16.9 Å². The first-order valence-corrected chi connectivity index (χ1v) is 13.6. The van der Waals surface area contributed by atoms with Crippen LogP contribution in [0.4, 0.5) is 5.69 Å². The van der Waals surface area contributed by atoms with E-state index in [4.69, 9.17) is 4.74 Å². The lowest BCUT2D eigenvalue weighted by atomic mass is 9.94. The standard InChI is InChI=1S/C26H28N2O5S2/c1-17-13-18(2)16-28(15-17)35(31,32)21-11-9-20(10-12-21)25(29)27-22-14-23(19-7-5-4-6-8-19)34-24(22)26(30)33-3/h4-12,14,17-18H,13,15-16H2,1-3H3,(H,27,29). The molecule has 2 heterocycles. The summed E-state index contributed by atoms with van der Waals surface area (Å²) in [4.78, 5) is 26.5. The van der Waals surface area contributed by atoms with Crippen LogP contribution in [0.15, 0.2) is 65.6 Å². The van der Waals surface area contributed by atoms with E-state index in [2.05, 4.69) is 19.2 Å². The van der Waals surface area contributed by atoms with Crippen LogP contribution in [0, 0.1) is 11.8 Å². The lowest BCUT2D eigenvalue weighted by Crippen LogP contribution is -2.42. The smallest absolute Gasteiger partial charge is 0.350 e. The first-order valence-electron chi connectivity index (χ1n) is 11.4. The highest BCUT2D eigenvalue weighted by Crippen LogP contribution is 2.35. The van der Waals surface area contributed by atoms with Gasteiger partial charge in [-0.15, -0.1) is 11.3 Å². The summed E-state index contributed by atoms with van der Waals surface area (Å²) in [6.07, 6.45) is 1.01. The molecule has 1 amide bonds. The fourth-order valence-corrected chi connectivity index (χ4v) is 7.11. The topological polar surface area (TPSA) is 92.8 Å². The van der Waals surface area contributed by atoms with Gasteiger partial charge >= 0.3 is 5.97 Å². The van der Waals surface area contributed by atoms with Crippen molar-refractivity contribution < 1.29 is 22.7 Å². The first-order chi connectivity index (χ1) is 16.7. The zero-order valence-electron chi connectivity index (χ0n) is 19.9. The maximum absolute atomic E-state index is 13.1. The van der Waals surface area contributed by atoms with E-state index in [9.17, 15) is 18.0 Å². The normalized spacial score (nSPS) is 18.7. The first kappa shape index (κ1) is 25.1. The Morgan fingerprint density at radius 1 is 1.00 bits per heavy atom. The molecule has 1 aliphatic heterocycles. The number of rotatable bonds is 6. The number of benzene rings is 2. The molecule has 0 spiro atoms. The van der Waals surface area contributed by atoms with E-state index >= 15 is 0 Å². The molecule has 0 aliphatic carbocycles. The Labute approximate surface area is 209 Å². The van der Waals surface area contributed by atoms with Gasteiger partial charge in [-0.3, -0.25) is 4.79 Å². The Morgan fingerprint density at radius 3 is 2.23 bits per heavy atom. The second-order valence-corrected chi connectivity index (χ2v) is 11.9. The Bertz CT molecular complexity index is 1310. The molecule has 0 radical (unpaired) electrons. The van der Waals surface area contributed by atoms with E-state index in [0.29, 0.717) is 30.6 Å². The highest BCUT2D eigenvalue weighted by Gasteiger charge is 2.31. The maximum atomic E-state index is 13.1. The molecule has 1 aliphatic rings. The number of amides is 1. The molecule has 184 valence electrons. The van der Waals surface area contributed by atoms with Gasteiger partial charge in [-0.2, -0.15) is 4.31 Å². The molecule has 4 rings (SSSR count). The molecule has 2 atom stereocenters. The quantitative estimate of drug-likeness (QED) is 0.463. The third-order valence-electron chi connectivity index (χ3n) is 6.00. The molecule has 2 aromatic carbocycles. The minimum atomic E-state index is -3.64. The summed E-state index contributed by atoms with van der Waals surface area (Å²) in [6.45, 7) is 5.10. The summed E-state index contributed by atoms with van der Waals surface area (Å²) in [6, 6.07) is 17.2. The number of methoxy groups -OCH3 is 1. The highest BCUT2D eigenvalue weighted by molar-refractivity contribution is 7.89. The van der Waals surface area contributed by atoms with Crippen molar-refractivity contribution in [1.29, 1.82) is 0 Å². The van der Waals surface area contributed by atoms with Crippen LogP contribution in [0.3, 0.4) is 0 Å². The Hall–Kier alpha value is -3.01. The van der Waals surface area contributed by atoms with Crippen molar-refractivity contribution >= 4 is 38.9 Å². The van der Waals surface area contributed by atoms with Gasteiger partial charge < -0.3 is 10.1 Å². The molecule has 1 N–H and O–H groups in total. The van der Waals surface area contributed by atoms with Crippen molar-refractivity contribution in [2.75, 3.05) is 25.5 Å². The molecule has 0 bridgehead atoms. The van der Waals surface area contributed by atoms with Gasteiger partial charge in [0.1, 0.15) is 4.88 Å². The van der Waals surface area contributed by atoms with Gasteiger partial charge in [0.05, 0.1) is 17.7 Å². The minimum absolute atomic E-state index is 0.160. The molecule has 1 fully saturated rings. The van der Waals surface area contributed by atoms with E-state index in [1.54, 1.807) is 6.07 Å². The van der Waals surface area contributed by atoms with Crippen molar-refractivity contribution in [3.63, 3.8) is 0 Å². The van der Waals surface area contributed by atoms with Crippen molar-refractivity contribution in [2.45, 2.75) is 25.2 Å². The average molecular weight is 513 g/mol. The van der Waals surface area contributed by atoms with Gasteiger partial charge in [0, 0.05) is 23.5 Å². The van der Waals surface area contributed by atoms with Crippen molar-refractivity contribution in [3.05, 3.63) is 71.1 Å². The van der Waals surface area contributed by atoms with Crippen LogP contribution in [-0.2, 0) is 14.8 Å². The van der Waals surface area contributed by atoms with Crippen LogP contribution in [0.1, 0.15) is 40.3 Å². The molecule has 1 aromatic heterocycles. The number of carbonyl (C=O) groups excluding carboxylic acids is 2. The molecular weight excluding hydrogens is 484 g/mol. The Kier molecular flexibility index (Phi) is 7.39. The number of esters is 1. The van der Waals surface area contributed by atoms with Crippen LogP contribution in [0.25, 0.3) is 10.4 Å². The van der Waals surface area contributed by atoms with Crippen LogP contribution in [0.2, 0.25) is 0 Å². The molecule has 35 heavy (non-hydrogen) atoms. The second-order valence-electron chi connectivity index (χ2n) is 8.96. The monoisotopic (exact) mass is 512 g/mol. The number of nitrogens with one attached hydrogen (secondary N) is 1. The molecule has 2 unspecified atom stereocenters. The molecule has 3 aromatic rings. The van der Waals surface area contributed by atoms with Crippen LogP contribution < -0.4 is 5.32 Å². The van der Waals surface area contributed by atoms with Gasteiger partial charge in [0.15, 0.2) is 0 Å². The number of sulfonamides is 1. The van der Waals surface area contributed by atoms with E-state index in [-0.39, 0.29) is 15.3 Å². The lowest BCUT2D eigenvalue weighted by Gasteiger charge is -2.34. The van der Waals surface area contributed by atoms with Gasteiger partial charge in [-0.1, -0.05) is 44.2 Å². The zero-order chi connectivity index (χ0) is 25.2. The highest BCUT2D eigenvalue weighted by atomic mass is 32.2. The van der Waals surface area contributed by atoms with E-state index in [1.807, 2.05) is 30.3 Å². The number of carbonyl (C=O) groups is 2. The number of ether oxygens (including phenoxy) is 1. The number of anilines is 1. The van der Waals surface area contributed by atoms with E-state index in [1.165, 1.54) is 47.0 Å². The van der Waals surface area contributed by atoms with Gasteiger partial charge in [-0.05, 0) is 54.2 Å². The molecule has 9 heteroatoms. The number of piperidine rings is 1.